The number of nitrogens with zero attached hydrogens (tertiary/aromatic N) is 3. The van der Waals surface area contributed by atoms with Crippen LogP contribution in [0.1, 0.15) is 71.4 Å². The van der Waals surface area contributed by atoms with Gasteiger partial charge in [0, 0.05) is 19.1 Å². The van der Waals surface area contributed by atoms with E-state index in [0.29, 0.717) is 56.8 Å². The van der Waals surface area contributed by atoms with E-state index < -0.39 is 17.8 Å². The largest absolute Gasteiger partial charge is 0.480 e. The normalized spacial score (nSPS) is 27.8. The zero-order valence-electron chi connectivity index (χ0n) is 18.5. The molecule has 1 aliphatic carbocycles. The summed E-state index contributed by atoms with van der Waals surface area (Å²) in [6, 6.07) is 1.89. The van der Waals surface area contributed by atoms with Crippen molar-refractivity contribution in [3.05, 3.63) is 22.9 Å². The van der Waals surface area contributed by atoms with E-state index in [0.717, 1.165) is 25.7 Å². The van der Waals surface area contributed by atoms with E-state index in [2.05, 4.69) is 4.98 Å². The summed E-state index contributed by atoms with van der Waals surface area (Å²) in [5.41, 5.74) is 0.630. The number of pyridine rings is 1. The summed E-state index contributed by atoms with van der Waals surface area (Å²) in [4.78, 5) is 34.5. The van der Waals surface area contributed by atoms with Crippen LogP contribution in [0, 0.1) is 0 Å². The number of amides is 2. The molecule has 4 aliphatic rings. The fourth-order valence-electron chi connectivity index (χ4n) is 5.72. The molecule has 1 saturated carbocycles. The standard InChI is InChI=1S/C23H31N3O6/c1-31-20-16(12-15-17(24-20)13-26(22(15)30)14-4-2-3-5-14)21(29)25-9-7-23(8-10-25)19(28)18(27)6-11-32-23/h12,14,18-19,27-28H,2-11,13H2,1H3/t18-,19-/m0/s1. The van der Waals surface area contributed by atoms with Gasteiger partial charge in [0.25, 0.3) is 11.8 Å². The third-order valence-electron chi connectivity index (χ3n) is 7.67. The summed E-state index contributed by atoms with van der Waals surface area (Å²) in [5, 5.41) is 20.5. The van der Waals surface area contributed by atoms with Gasteiger partial charge < -0.3 is 29.5 Å². The Kier molecular flexibility index (Phi) is 5.59. The lowest BCUT2D eigenvalue weighted by atomic mass is 9.80. The second-order valence-corrected chi connectivity index (χ2v) is 9.42. The van der Waals surface area contributed by atoms with E-state index in [4.69, 9.17) is 9.47 Å². The van der Waals surface area contributed by atoms with Crippen molar-refractivity contribution < 1.29 is 29.3 Å². The smallest absolute Gasteiger partial charge is 0.259 e. The van der Waals surface area contributed by atoms with Crippen LogP contribution in [0.5, 0.6) is 5.88 Å². The number of piperidine rings is 1. The van der Waals surface area contributed by atoms with Gasteiger partial charge >= 0.3 is 0 Å². The minimum atomic E-state index is -0.955. The fourth-order valence-corrected chi connectivity index (χ4v) is 5.72. The van der Waals surface area contributed by atoms with Gasteiger partial charge in [-0.1, -0.05) is 12.8 Å². The third-order valence-corrected chi connectivity index (χ3v) is 7.67. The van der Waals surface area contributed by atoms with Gasteiger partial charge in [0.2, 0.25) is 5.88 Å². The number of aromatic nitrogens is 1. The molecule has 0 unspecified atom stereocenters. The number of ether oxygens (including phenoxy) is 2. The average molecular weight is 446 g/mol. The lowest BCUT2D eigenvalue weighted by molar-refractivity contribution is -0.212. The second-order valence-electron chi connectivity index (χ2n) is 9.42. The molecule has 32 heavy (non-hydrogen) atoms. The lowest BCUT2D eigenvalue weighted by Crippen LogP contribution is -2.60. The highest BCUT2D eigenvalue weighted by Crippen LogP contribution is 2.37. The number of aliphatic hydroxyl groups excluding tert-OH is 2. The van der Waals surface area contributed by atoms with Crippen LogP contribution in [0.4, 0.5) is 0 Å². The molecule has 0 radical (unpaired) electrons. The van der Waals surface area contributed by atoms with Crippen LogP contribution in [0.3, 0.4) is 0 Å². The Bertz CT molecular complexity index is 907. The van der Waals surface area contributed by atoms with Crippen molar-refractivity contribution in [3.8, 4) is 5.88 Å². The number of carbonyl (C=O) groups is 2. The molecule has 2 N–H and O–H groups in total. The van der Waals surface area contributed by atoms with E-state index in [9.17, 15) is 19.8 Å². The van der Waals surface area contributed by atoms with Crippen LogP contribution in [0.25, 0.3) is 0 Å². The first-order chi connectivity index (χ1) is 15.4. The van der Waals surface area contributed by atoms with Crippen molar-refractivity contribution >= 4 is 11.8 Å². The maximum atomic E-state index is 13.4. The molecule has 0 aromatic carbocycles. The molecule has 1 spiro atoms. The minimum Gasteiger partial charge on any atom is -0.480 e. The van der Waals surface area contributed by atoms with Crippen molar-refractivity contribution in [1.29, 1.82) is 0 Å². The van der Waals surface area contributed by atoms with E-state index in [-0.39, 0.29) is 29.3 Å². The number of likely N-dealkylation sites (tertiary alicyclic amines) is 1. The van der Waals surface area contributed by atoms with Gasteiger partial charge in [0.15, 0.2) is 0 Å². The van der Waals surface area contributed by atoms with Gasteiger partial charge in [-0.15, -0.1) is 0 Å². The molecule has 3 fully saturated rings. The van der Waals surface area contributed by atoms with Crippen LogP contribution < -0.4 is 4.74 Å². The summed E-state index contributed by atoms with van der Waals surface area (Å²) in [6.45, 7) is 1.62. The van der Waals surface area contributed by atoms with E-state index in [1.54, 1.807) is 11.0 Å². The Balaban J connectivity index is 1.34. The van der Waals surface area contributed by atoms with E-state index in [1.807, 2.05) is 4.90 Å². The maximum Gasteiger partial charge on any atom is 0.259 e. The average Bonchev–Trinajstić information content (AvgIpc) is 3.45. The number of aliphatic hydroxyl groups is 2. The summed E-state index contributed by atoms with van der Waals surface area (Å²) in [6.07, 6.45) is 3.83. The Morgan fingerprint density at radius 1 is 1.22 bits per heavy atom. The highest BCUT2D eigenvalue weighted by molar-refractivity contribution is 6.03. The molecule has 1 aromatic heterocycles. The number of fused-ring (bicyclic) bond motifs is 1. The van der Waals surface area contributed by atoms with Gasteiger partial charge in [-0.3, -0.25) is 9.59 Å². The highest BCUT2D eigenvalue weighted by atomic mass is 16.5. The minimum absolute atomic E-state index is 0.0542. The molecule has 2 saturated heterocycles. The van der Waals surface area contributed by atoms with Crippen molar-refractivity contribution in [3.63, 3.8) is 0 Å². The van der Waals surface area contributed by atoms with Gasteiger partial charge in [-0.25, -0.2) is 4.98 Å². The van der Waals surface area contributed by atoms with Crippen molar-refractivity contribution in [2.24, 2.45) is 0 Å². The fraction of sp³-hybridized carbons (Fsp3) is 0.696. The Morgan fingerprint density at radius 2 is 1.94 bits per heavy atom. The topological polar surface area (TPSA) is 112 Å². The molecular weight excluding hydrogens is 414 g/mol. The van der Waals surface area contributed by atoms with Crippen molar-refractivity contribution in [2.45, 2.75) is 75.3 Å². The molecule has 1 aromatic rings. The Hall–Kier alpha value is -2.23. The van der Waals surface area contributed by atoms with Crippen LogP contribution in [0.15, 0.2) is 6.07 Å². The maximum absolute atomic E-state index is 13.4. The first-order valence-electron chi connectivity index (χ1n) is 11.6. The van der Waals surface area contributed by atoms with Gasteiger partial charge in [-0.2, -0.15) is 0 Å². The lowest BCUT2D eigenvalue weighted by Gasteiger charge is -2.48. The van der Waals surface area contributed by atoms with Crippen LogP contribution >= 0.6 is 0 Å². The number of rotatable bonds is 3. The molecule has 4 heterocycles. The summed E-state index contributed by atoms with van der Waals surface area (Å²) in [7, 11) is 1.48. The first kappa shape index (κ1) is 21.6. The van der Waals surface area contributed by atoms with Gasteiger partial charge in [-0.05, 0) is 38.2 Å². The predicted molar refractivity (Wildman–Crippen MR) is 113 cm³/mol. The van der Waals surface area contributed by atoms with Crippen LogP contribution in [-0.4, -0.2) is 87.5 Å². The summed E-state index contributed by atoms with van der Waals surface area (Å²) in [5.74, 6) is -0.0640. The molecule has 5 rings (SSSR count). The number of hydrogen-bond donors (Lipinski definition) is 2. The molecule has 9 heteroatoms. The summed E-state index contributed by atoms with van der Waals surface area (Å²) >= 11 is 0. The highest BCUT2D eigenvalue weighted by Gasteiger charge is 2.48. The number of hydrogen-bond acceptors (Lipinski definition) is 7. The SMILES string of the molecule is COc1nc2c(cc1C(=O)N1CCC3(CC1)OCC[C@H](O)[C@@H]3O)C(=O)N(C1CCCC1)C2. The molecule has 0 bridgehead atoms. The predicted octanol–water partition coefficient (Wildman–Crippen LogP) is 1.11. The van der Waals surface area contributed by atoms with Crippen molar-refractivity contribution in [2.75, 3.05) is 26.8 Å². The quantitative estimate of drug-likeness (QED) is 0.717. The van der Waals surface area contributed by atoms with Crippen molar-refractivity contribution in [1.82, 2.24) is 14.8 Å². The third kappa shape index (κ3) is 3.47. The molecule has 174 valence electrons. The Morgan fingerprint density at radius 3 is 2.62 bits per heavy atom. The zero-order valence-corrected chi connectivity index (χ0v) is 18.5. The number of carbonyl (C=O) groups excluding carboxylic acids is 2. The first-order valence-corrected chi connectivity index (χ1v) is 11.6. The van der Waals surface area contributed by atoms with Gasteiger partial charge in [0.05, 0.1) is 43.2 Å². The van der Waals surface area contributed by atoms with Crippen LogP contribution in [0.2, 0.25) is 0 Å². The molecule has 2 amide bonds. The number of methoxy groups -OCH3 is 1. The molecule has 2 atom stereocenters. The van der Waals surface area contributed by atoms with E-state index >= 15 is 0 Å². The zero-order chi connectivity index (χ0) is 22.5. The summed E-state index contributed by atoms with van der Waals surface area (Å²) < 4.78 is 11.3. The van der Waals surface area contributed by atoms with Crippen LogP contribution in [-0.2, 0) is 11.3 Å². The van der Waals surface area contributed by atoms with E-state index in [1.165, 1.54) is 7.11 Å². The molecule has 3 aliphatic heterocycles. The molecule has 9 nitrogen and oxygen atoms in total. The second kappa shape index (κ2) is 8.28. The monoisotopic (exact) mass is 445 g/mol. The Labute approximate surface area is 187 Å². The molecular formula is C23H31N3O6. The van der Waals surface area contributed by atoms with Gasteiger partial charge in [0.1, 0.15) is 11.7 Å².